The Labute approximate surface area is 315 Å². The second kappa shape index (κ2) is 18.1. The summed E-state index contributed by atoms with van der Waals surface area (Å²) >= 11 is 1.64. The molecule has 284 valence electrons. The van der Waals surface area contributed by atoms with Gasteiger partial charge >= 0.3 is 5.97 Å². The molecule has 4 fully saturated rings. The van der Waals surface area contributed by atoms with Crippen molar-refractivity contribution in [2.24, 2.45) is 11.8 Å². The Bertz CT molecular complexity index is 1630. The fourth-order valence-corrected chi connectivity index (χ4v) is 9.56. The van der Waals surface area contributed by atoms with Crippen LogP contribution in [0.4, 0.5) is 0 Å². The number of thioether (sulfide) groups is 1. The van der Waals surface area contributed by atoms with Crippen molar-refractivity contribution in [1.82, 2.24) is 25.8 Å². The number of nitrogens with one attached hydrogen (secondary N) is 3. The SMILES string of the molecule is COC(=O)[C@@H]1CCC[C@@H]2SCC[C@H](NC(=O)[C@H](CC[C@H](Cc3ccccc3)C(=O)N[C@@H]3CNC(=O)[C@H]4CCCCN4C3=O)Cc3ccccc3)C(=O)N21. The third-order valence-electron chi connectivity index (χ3n) is 11.1. The van der Waals surface area contributed by atoms with Crippen molar-refractivity contribution in [3.8, 4) is 0 Å². The Kier molecular flexibility index (Phi) is 13.1. The summed E-state index contributed by atoms with van der Waals surface area (Å²) in [7, 11) is 1.33. The van der Waals surface area contributed by atoms with Crippen LogP contribution >= 0.6 is 11.8 Å². The van der Waals surface area contributed by atoms with E-state index in [4.69, 9.17) is 4.74 Å². The van der Waals surface area contributed by atoms with Gasteiger partial charge in [-0.05, 0) is 87.5 Å². The number of fused-ring (bicyclic) bond motifs is 2. The van der Waals surface area contributed by atoms with Gasteiger partial charge in [-0.25, -0.2) is 4.79 Å². The highest BCUT2D eigenvalue weighted by molar-refractivity contribution is 7.99. The molecule has 13 heteroatoms. The van der Waals surface area contributed by atoms with Crippen LogP contribution in [-0.4, -0.2) is 101 Å². The van der Waals surface area contributed by atoms with E-state index < -0.39 is 42.0 Å². The van der Waals surface area contributed by atoms with E-state index in [1.165, 1.54) is 7.11 Å². The molecule has 0 saturated carbocycles. The van der Waals surface area contributed by atoms with Gasteiger partial charge in [0.15, 0.2) is 0 Å². The molecule has 0 spiro atoms. The van der Waals surface area contributed by atoms with Gasteiger partial charge in [-0.3, -0.25) is 24.0 Å². The Morgan fingerprint density at radius 3 is 2.04 bits per heavy atom. The number of carbonyl (C=O) groups excluding carboxylic acids is 6. The summed E-state index contributed by atoms with van der Waals surface area (Å²) < 4.78 is 5.05. The average Bonchev–Trinajstić information content (AvgIpc) is 3.41. The van der Waals surface area contributed by atoms with Crippen LogP contribution in [0.3, 0.4) is 0 Å². The number of nitrogens with zero attached hydrogens (tertiary/aromatic N) is 2. The van der Waals surface area contributed by atoms with Crippen molar-refractivity contribution in [3.63, 3.8) is 0 Å². The number of piperidine rings is 2. The molecule has 0 aromatic heterocycles. The number of methoxy groups -OCH3 is 1. The molecule has 0 radical (unpaired) electrons. The van der Waals surface area contributed by atoms with Crippen molar-refractivity contribution >= 4 is 47.3 Å². The molecule has 12 nitrogen and oxygen atoms in total. The van der Waals surface area contributed by atoms with Crippen molar-refractivity contribution in [2.45, 2.75) is 100 Å². The number of hydrogen-bond donors (Lipinski definition) is 3. The van der Waals surface area contributed by atoms with Crippen molar-refractivity contribution in [3.05, 3.63) is 71.8 Å². The molecule has 4 aliphatic rings. The summed E-state index contributed by atoms with van der Waals surface area (Å²) in [6.45, 7) is 0.507. The minimum Gasteiger partial charge on any atom is -0.467 e. The predicted octanol–water partition coefficient (Wildman–Crippen LogP) is 2.98. The van der Waals surface area contributed by atoms with Crippen molar-refractivity contribution in [2.75, 3.05) is 26.0 Å². The van der Waals surface area contributed by atoms with Gasteiger partial charge in [0.05, 0.1) is 12.5 Å². The molecule has 4 heterocycles. The zero-order valence-corrected chi connectivity index (χ0v) is 31.2. The largest absolute Gasteiger partial charge is 0.467 e. The summed E-state index contributed by atoms with van der Waals surface area (Å²) in [6, 6.07) is 16.4. The van der Waals surface area contributed by atoms with E-state index in [2.05, 4.69) is 16.0 Å². The first-order valence-corrected chi connectivity index (χ1v) is 20.1. The number of ether oxygens (including phenoxy) is 1. The Morgan fingerprint density at radius 2 is 1.42 bits per heavy atom. The maximum atomic E-state index is 14.2. The van der Waals surface area contributed by atoms with E-state index in [-0.39, 0.29) is 41.5 Å². The molecular weight excluding hydrogens is 695 g/mol. The van der Waals surface area contributed by atoms with Crippen LogP contribution in [0.5, 0.6) is 0 Å². The Hall–Kier alpha value is -4.39. The summed E-state index contributed by atoms with van der Waals surface area (Å²) in [5.41, 5.74) is 1.91. The minimum atomic E-state index is -0.886. The van der Waals surface area contributed by atoms with Gasteiger partial charge in [-0.1, -0.05) is 60.7 Å². The van der Waals surface area contributed by atoms with E-state index in [0.29, 0.717) is 57.2 Å². The second-order valence-corrected chi connectivity index (χ2v) is 15.9. The highest BCUT2D eigenvalue weighted by atomic mass is 32.2. The fraction of sp³-hybridized carbons (Fsp3) is 0.550. The molecule has 4 aliphatic heterocycles. The summed E-state index contributed by atoms with van der Waals surface area (Å²) in [6.07, 6.45) is 6.35. The normalized spacial score (nSPS) is 25.8. The number of hydrogen-bond acceptors (Lipinski definition) is 8. The third-order valence-corrected chi connectivity index (χ3v) is 12.4. The molecular formula is C40H51N5O7S. The highest BCUT2D eigenvalue weighted by Crippen LogP contribution is 2.35. The topological polar surface area (TPSA) is 154 Å². The molecule has 5 amide bonds. The summed E-state index contributed by atoms with van der Waals surface area (Å²) in [5.74, 6) is -2.20. The van der Waals surface area contributed by atoms with Gasteiger partial charge in [0.1, 0.15) is 24.2 Å². The number of benzene rings is 2. The van der Waals surface area contributed by atoms with Crippen molar-refractivity contribution < 1.29 is 33.5 Å². The molecule has 2 aromatic carbocycles. The maximum Gasteiger partial charge on any atom is 0.328 e. The zero-order valence-electron chi connectivity index (χ0n) is 30.4. The van der Waals surface area contributed by atoms with Crippen LogP contribution in [0, 0.1) is 11.8 Å². The van der Waals surface area contributed by atoms with E-state index in [1.807, 2.05) is 60.7 Å². The number of carbonyl (C=O) groups is 6. The molecule has 7 atom stereocenters. The van der Waals surface area contributed by atoms with Crippen LogP contribution in [-0.2, 0) is 46.3 Å². The molecule has 53 heavy (non-hydrogen) atoms. The van der Waals surface area contributed by atoms with E-state index in [9.17, 15) is 28.8 Å². The lowest BCUT2D eigenvalue weighted by molar-refractivity contribution is -0.156. The maximum absolute atomic E-state index is 14.2. The Morgan fingerprint density at radius 1 is 0.792 bits per heavy atom. The van der Waals surface area contributed by atoms with Crippen molar-refractivity contribution in [1.29, 1.82) is 0 Å². The Balaban J connectivity index is 1.19. The monoisotopic (exact) mass is 745 g/mol. The molecule has 0 aliphatic carbocycles. The highest BCUT2D eigenvalue weighted by Gasteiger charge is 2.44. The van der Waals surface area contributed by atoms with Crippen LogP contribution in [0.15, 0.2) is 60.7 Å². The van der Waals surface area contributed by atoms with Gasteiger partial charge in [0, 0.05) is 24.9 Å². The van der Waals surface area contributed by atoms with E-state index >= 15 is 0 Å². The summed E-state index contributed by atoms with van der Waals surface area (Å²) in [5, 5.41) is 8.75. The smallest absolute Gasteiger partial charge is 0.328 e. The number of esters is 1. The minimum absolute atomic E-state index is 0.0237. The first kappa shape index (κ1) is 38.3. The molecule has 0 bridgehead atoms. The van der Waals surface area contributed by atoms with E-state index in [1.54, 1.807) is 21.6 Å². The lowest BCUT2D eigenvalue weighted by Crippen LogP contribution is -2.57. The quantitative estimate of drug-likeness (QED) is 0.281. The molecule has 6 rings (SSSR count). The van der Waals surface area contributed by atoms with Gasteiger partial charge in [-0.15, -0.1) is 11.8 Å². The number of amides is 5. The van der Waals surface area contributed by atoms with Gasteiger partial charge in [-0.2, -0.15) is 0 Å². The van der Waals surface area contributed by atoms with Gasteiger partial charge < -0.3 is 30.5 Å². The fourth-order valence-electron chi connectivity index (χ4n) is 8.17. The molecule has 0 unspecified atom stereocenters. The van der Waals surface area contributed by atoms with Crippen LogP contribution < -0.4 is 16.0 Å². The van der Waals surface area contributed by atoms with Crippen LogP contribution in [0.2, 0.25) is 0 Å². The number of rotatable bonds is 12. The first-order chi connectivity index (χ1) is 25.7. The molecule has 4 saturated heterocycles. The third kappa shape index (κ3) is 9.41. The van der Waals surface area contributed by atoms with E-state index in [0.717, 1.165) is 36.8 Å². The average molecular weight is 746 g/mol. The van der Waals surface area contributed by atoms with Gasteiger partial charge in [0.25, 0.3) is 0 Å². The molecule has 2 aromatic rings. The van der Waals surface area contributed by atoms with Gasteiger partial charge in [0.2, 0.25) is 29.5 Å². The lowest BCUT2D eigenvalue weighted by Gasteiger charge is -2.40. The zero-order chi connectivity index (χ0) is 37.3. The van der Waals surface area contributed by atoms with Crippen LogP contribution in [0.1, 0.15) is 68.9 Å². The lowest BCUT2D eigenvalue weighted by atomic mass is 9.86. The molecule has 3 N–H and O–H groups in total. The second-order valence-electron chi connectivity index (χ2n) is 14.6. The first-order valence-electron chi connectivity index (χ1n) is 19.0. The standard InChI is InChI=1S/C40H51N5O7S/c1-52-40(51)33-16-10-17-34-45(33)39(50)30(20-22-53-34)42-35(46)28(23-26-11-4-2-5-12-26)18-19-29(24-27-13-6-3-7-14-27)36(47)43-31-25-41-37(48)32-15-8-9-21-44(32)38(31)49/h2-7,11-14,28-34H,8-10,15-25H2,1H3,(H,41,48)(H,42,46)(H,43,47)/t28-,29-,30+,31-,32-,33+,34+/m1/s1. The summed E-state index contributed by atoms with van der Waals surface area (Å²) in [4.78, 5) is 84.7. The van der Waals surface area contributed by atoms with Crippen LogP contribution in [0.25, 0.3) is 0 Å². The predicted molar refractivity (Wildman–Crippen MR) is 200 cm³/mol.